The van der Waals surface area contributed by atoms with Crippen LogP contribution < -0.4 is 27.4 Å². The second-order valence-corrected chi connectivity index (χ2v) is 9.58. The standard InChI is InChI=1S/C26H32N8O8/c27-16(8-14-11-29-12-31-14)23(38)33-19(7-13-10-30-17-4-2-1-3-15(13)17)24(39)34-20(9-21(28)35)25(40)32-18(26(41)42)5-6-22(36)37/h1-4,10-12,16,18-20,30H,5-9,27H2,(H2,28,35)(H,29,31)(H,32,40)(H,33,38)(H,34,39)(H,36,37)(H,41,42). The van der Waals surface area contributed by atoms with E-state index < -0.39 is 79.0 Å². The number of fused-ring (bicyclic) bond motifs is 1. The van der Waals surface area contributed by atoms with Gasteiger partial charge in [-0.1, -0.05) is 18.2 Å². The fourth-order valence-electron chi connectivity index (χ4n) is 4.21. The van der Waals surface area contributed by atoms with Gasteiger partial charge in [0, 0.05) is 48.3 Å². The molecule has 3 aromatic rings. The highest BCUT2D eigenvalue weighted by Crippen LogP contribution is 2.19. The summed E-state index contributed by atoms with van der Waals surface area (Å²) >= 11 is 0. The number of primary amides is 1. The Bertz CT molecular complexity index is 1440. The van der Waals surface area contributed by atoms with Crippen molar-refractivity contribution in [2.75, 3.05) is 0 Å². The van der Waals surface area contributed by atoms with Crippen molar-refractivity contribution in [1.82, 2.24) is 30.9 Å². The number of benzene rings is 1. The number of aromatic amines is 2. The zero-order chi connectivity index (χ0) is 30.8. The fraction of sp³-hybridized carbons (Fsp3) is 0.346. The van der Waals surface area contributed by atoms with Crippen LogP contribution in [0.4, 0.5) is 0 Å². The van der Waals surface area contributed by atoms with Gasteiger partial charge in [0.1, 0.15) is 18.1 Å². The molecule has 0 bridgehead atoms. The van der Waals surface area contributed by atoms with Crippen LogP contribution in [0.25, 0.3) is 10.9 Å². The molecule has 4 amide bonds. The van der Waals surface area contributed by atoms with E-state index in [1.165, 1.54) is 12.5 Å². The van der Waals surface area contributed by atoms with E-state index in [9.17, 15) is 33.9 Å². The number of amides is 4. The van der Waals surface area contributed by atoms with Crippen molar-refractivity contribution in [3.63, 3.8) is 0 Å². The number of H-pyrrole nitrogens is 2. The van der Waals surface area contributed by atoms with Crippen LogP contribution in [0.1, 0.15) is 30.5 Å². The third kappa shape index (κ3) is 8.88. The van der Waals surface area contributed by atoms with Gasteiger partial charge in [-0.05, 0) is 18.1 Å². The molecule has 4 unspecified atom stereocenters. The molecule has 0 aliphatic rings. The smallest absolute Gasteiger partial charge is 0.326 e. The number of nitrogens with zero attached hydrogens (tertiary/aromatic N) is 1. The summed E-state index contributed by atoms with van der Waals surface area (Å²) in [4.78, 5) is 83.3. The Morgan fingerprint density at radius 1 is 0.881 bits per heavy atom. The number of carboxylic acids is 2. The van der Waals surface area contributed by atoms with E-state index >= 15 is 0 Å². The van der Waals surface area contributed by atoms with Gasteiger partial charge in [0.15, 0.2) is 0 Å². The maximum Gasteiger partial charge on any atom is 0.326 e. The first-order valence-electron chi connectivity index (χ1n) is 12.9. The highest BCUT2D eigenvalue weighted by atomic mass is 16.4. The molecular weight excluding hydrogens is 552 g/mol. The van der Waals surface area contributed by atoms with E-state index in [0.717, 1.165) is 10.9 Å². The summed E-state index contributed by atoms with van der Waals surface area (Å²) in [5, 5.41) is 26.1. The largest absolute Gasteiger partial charge is 0.481 e. The maximum absolute atomic E-state index is 13.5. The van der Waals surface area contributed by atoms with Crippen LogP contribution in [0.15, 0.2) is 43.0 Å². The predicted octanol–water partition coefficient (Wildman–Crippen LogP) is -1.72. The third-order valence-corrected chi connectivity index (χ3v) is 6.36. The Morgan fingerprint density at radius 2 is 1.55 bits per heavy atom. The Kier molecular flexibility index (Phi) is 10.7. The molecule has 11 N–H and O–H groups in total. The van der Waals surface area contributed by atoms with Crippen LogP contribution in [-0.4, -0.2) is 84.9 Å². The molecule has 0 spiro atoms. The second kappa shape index (κ2) is 14.4. The summed E-state index contributed by atoms with van der Waals surface area (Å²) in [6, 6.07) is 1.67. The van der Waals surface area contributed by atoms with Gasteiger partial charge in [-0.2, -0.15) is 0 Å². The van der Waals surface area contributed by atoms with Crippen LogP contribution in [0.3, 0.4) is 0 Å². The van der Waals surface area contributed by atoms with Crippen molar-refractivity contribution in [2.45, 2.75) is 56.3 Å². The van der Waals surface area contributed by atoms with Gasteiger partial charge in [-0.3, -0.25) is 24.0 Å². The van der Waals surface area contributed by atoms with E-state index in [1.54, 1.807) is 12.3 Å². The highest BCUT2D eigenvalue weighted by Gasteiger charge is 2.32. The summed E-state index contributed by atoms with van der Waals surface area (Å²) in [5.74, 6) is -6.40. The minimum absolute atomic E-state index is 0.0420. The first-order valence-corrected chi connectivity index (χ1v) is 12.9. The van der Waals surface area contributed by atoms with Crippen molar-refractivity contribution in [3.8, 4) is 0 Å². The van der Waals surface area contributed by atoms with E-state index in [0.29, 0.717) is 11.3 Å². The normalized spacial score (nSPS) is 13.8. The third-order valence-electron chi connectivity index (χ3n) is 6.36. The number of nitrogens with one attached hydrogen (secondary N) is 5. The summed E-state index contributed by atoms with van der Waals surface area (Å²) < 4.78 is 0. The number of carbonyl (C=O) groups is 6. The fourth-order valence-corrected chi connectivity index (χ4v) is 4.21. The van der Waals surface area contributed by atoms with Gasteiger partial charge in [0.05, 0.1) is 18.8 Å². The van der Waals surface area contributed by atoms with Crippen molar-refractivity contribution in [2.24, 2.45) is 11.5 Å². The van der Waals surface area contributed by atoms with Crippen LogP contribution in [0.2, 0.25) is 0 Å². The van der Waals surface area contributed by atoms with Crippen LogP contribution in [0, 0.1) is 0 Å². The molecular formula is C26H32N8O8. The Labute approximate surface area is 238 Å². The highest BCUT2D eigenvalue weighted by molar-refractivity contribution is 5.96. The van der Waals surface area contributed by atoms with Crippen LogP contribution in [-0.2, 0) is 41.6 Å². The number of hydrogen-bond acceptors (Lipinski definition) is 8. The van der Waals surface area contributed by atoms with Gasteiger partial charge in [0.2, 0.25) is 23.6 Å². The summed E-state index contributed by atoms with van der Waals surface area (Å²) in [6.45, 7) is 0. The molecule has 0 saturated heterocycles. The lowest BCUT2D eigenvalue weighted by Gasteiger charge is -2.24. The molecule has 0 fully saturated rings. The van der Waals surface area contributed by atoms with E-state index in [-0.39, 0.29) is 12.8 Å². The van der Waals surface area contributed by atoms with E-state index in [1.807, 2.05) is 18.2 Å². The summed E-state index contributed by atoms with van der Waals surface area (Å²) in [7, 11) is 0. The molecule has 224 valence electrons. The number of carboxylic acid groups (broad SMARTS) is 2. The molecule has 16 heteroatoms. The van der Waals surface area contributed by atoms with E-state index in [4.69, 9.17) is 16.6 Å². The van der Waals surface area contributed by atoms with Gasteiger partial charge in [-0.15, -0.1) is 0 Å². The Morgan fingerprint density at radius 3 is 2.19 bits per heavy atom. The minimum atomic E-state index is -1.62. The van der Waals surface area contributed by atoms with Crippen molar-refractivity contribution >= 4 is 46.5 Å². The first-order chi connectivity index (χ1) is 19.9. The lowest BCUT2D eigenvalue weighted by molar-refractivity contribution is -0.143. The number of imidazole rings is 1. The predicted molar refractivity (Wildman–Crippen MR) is 146 cm³/mol. The van der Waals surface area contributed by atoms with Gasteiger partial charge in [-0.25, -0.2) is 9.78 Å². The number of aliphatic carboxylic acids is 2. The number of aromatic nitrogens is 3. The maximum atomic E-state index is 13.5. The monoisotopic (exact) mass is 584 g/mol. The van der Waals surface area contributed by atoms with Gasteiger partial charge < -0.3 is 47.6 Å². The molecule has 1 aromatic carbocycles. The molecule has 4 atom stereocenters. The number of para-hydroxylation sites is 1. The summed E-state index contributed by atoms with van der Waals surface area (Å²) in [6.07, 6.45) is 2.94. The molecule has 0 radical (unpaired) electrons. The van der Waals surface area contributed by atoms with Gasteiger partial charge in [0.25, 0.3) is 0 Å². The average Bonchev–Trinajstić information content (AvgIpc) is 3.59. The second-order valence-electron chi connectivity index (χ2n) is 9.58. The van der Waals surface area contributed by atoms with Crippen LogP contribution in [0.5, 0.6) is 0 Å². The number of nitrogens with two attached hydrogens (primary N) is 2. The van der Waals surface area contributed by atoms with E-state index in [2.05, 4.69) is 30.9 Å². The molecule has 42 heavy (non-hydrogen) atoms. The Hall–Kier alpha value is -5.25. The summed E-state index contributed by atoms with van der Waals surface area (Å²) in [5.41, 5.74) is 13.3. The quantitative estimate of drug-likeness (QED) is 0.0918. The number of hydrogen-bond donors (Lipinski definition) is 9. The molecule has 0 aliphatic heterocycles. The lowest BCUT2D eigenvalue weighted by Crippen LogP contribution is -2.58. The van der Waals surface area contributed by atoms with Crippen LogP contribution >= 0.6 is 0 Å². The molecule has 0 aliphatic carbocycles. The molecule has 0 saturated carbocycles. The van der Waals surface area contributed by atoms with Crippen molar-refractivity contribution in [1.29, 1.82) is 0 Å². The zero-order valence-corrected chi connectivity index (χ0v) is 22.3. The lowest BCUT2D eigenvalue weighted by atomic mass is 10.0. The van der Waals surface area contributed by atoms with Crippen molar-refractivity contribution in [3.05, 3.63) is 54.2 Å². The SMILES string of the molecule is NC(=O)CC(NC(=O)C(Cc1c[nH]c2ccccc12)NC(=O)C(N)Cc1cnc[nH]1)C(=O)NC(CCC(=O)O)C(=O)O. The molecule has 16 nitrogen and oxygen atoms in total. The number of carbonyl (C=O) groups excluding carboxylic acids is 4. The topological polar surface area (TPSA) is 275 Å². The first kappa shape index (κ1) is 31.3. The molecule has 2 aromatic heterocycles. The minimum Gasteiger partial charge on any atom is -0.481 e. The Balaban J connectivity index is 1.82. The zero-order valence-electron chi connectivity index (χ0n) is 22.3. The molecule has 3 rings (SSSR count). The van der Waals surface area contributed by atoms with Gasteiger partial charge >= 0.3 is 11.9 Å². The molecule has 2 heterocycles. The average molecular weight is 585 g/mol. The van der Waals surface area contributed by atoms with Crippen molar-refractivity contribution < 1.29 is 39.0 Å². The number of rotatable bonds is 16.